The van der Waals surface area contributed by atoms with E-state index in [-0.39, 0.29) is 24.7 Å². The molecule has 6 nitrogen and oxygen atoms in total. The standard InChI is InChI=1S/C13H17FN2O4/c1-3-15(9(2)4-13(17)18)8-10-5-11(14)7-12(6-10)16(19)20/h5-7,9H,3-4,8H2,1-2H3,(H,17,18). The molecular weight excluding hydrogens is 267 g/mol. The minimum absolute atomic E-state index is 0.0365. The summed E-state index contributed by atoms with van der Waals surface area (Å²) in [4.78, 5) is 22.6. The summed E-state index contributed by atoms with van der Waals surface area (Å²) in [5.74, 6) is -1.59. The van der Waals surface area contributed by atoms with Crippen LogP contribution in [0.2, 0.25) is 0 Å². The highest BCUT2D eigenvalue weighted by atomic mass is 19.1. The number of nitrogens with zero attached hydrogens (tertiary/aromatic N) is 2. The molecule has 0 aromatic heterocycles. The molecule has 0 amide bonds. The minimum Gasteiger partial charge on any atom is -0.481 e. The first-order valence-corrected chi connectivity index (χ1v) is 6.23. The molecule has 0 heterocycles. The molecule has 0 aliphatic heterocycles. The zero-order valence-electron chi connectivity index (χ0n) is 11.4. The second-order valence-electron chi connectivity index (χ2n) is 4.58. The third kappa shape index (κ3) is 4.58. The Balaban J connectivity index is 2.89. The Bertz CT molecular complexity index is 507. The Morgan fingerprint density at radius 1 is 1.50 bits per heavy atom. The van der Waals surface area contributed by atoms with Crippen LogP contribution in [-0.4, -0.2) is 33.5 Å². The van der Waals surface area contributed by atoms with Crippen LogP contribution in [0.3, 0.4) is 0 Å². The molecule has 0 saturated heterocycles. The number of rotatable bonds is 7. The smallest absolute Gasteiger partial charge is 0.304 e. The van der Waals surface area contributed by atoms with Crippen LogP contribution >= 0.6 is 0 Å². The first kappa shape index (κ1) is 16.0. The fraction of sp³-hybridized carbons (Fsp3) is 0.462. The highest BCUT2D eigenvalue weighted by Gasteiger charge is 2.17. The van der Waals surface area contributed by atoms with Crippen LogP contribution in [0.4, 0.5) is 10.1 Å². The first-order chi connectivity index (χ1) is 9.33. The van der Waals surface area contributed by atoms with E-state index in [1.165, 1.54) is 12.1 Å². The van der Waals surface area contributed by atoms with Crippen molar-refractivity contribution in [3.8, 4) is 0 Å². The quantitative estimate of drug-likeness (QED) is 0.614. The molecule has 1 aromatic rings. The van der Waals surface area contributed by atoms with Gasteiger partial charge in [-0.05, 0) is 25.1 Å². The van der Waals surface area contributed by atoms with E-state index < -0.39 is 16.7 Å². The number of carboxylic acid groups (broad SMARTS) is 1. The van der Waals surface area contributed by atoms with Crippen molar-refractivity contribution in [3.05, 3.63) is 39.7 Å². The van der Waals surface area contributed by atoms with Gasteiger partial charge in [0.15, 0.2) is 0 Å². The number of nitro groups is 1. The molecule has 0 bridgehead atoms. The molecule has 0 radical (unpaired) electrons. The maximum Gasteiger partial charge on any atom is 0.304 e. The summed E-state index contributed by atoms with van der Waals surface area (Å²) in [6.45, 7) is 4.44. The third-order valence-electron chi connectivity index (χ3n) is 3.04. The second-order valence-corrected chi connectivity index (χ2v) is 4.58. The van der Waals surface area contributed by atoms with Crippen molar-refractivity contribution < 1.29 is 19.2 Å². The molecule has 20 heavy (non-hydrogen) atoms. The van der Waals surface area contributed by atoms with Gasteiger partial charge in [0, 0.05) is 18.7 Å². The molecule has 7 heteroatoms. The number of carboxylic acids is 1. The SMILES string of the molecule is CCN(Cc1cc(F)cc([N+](=O)[O-])c1)C(C)CC(=O)O. The van der Waals surface area contributed by atoms with Gasteiger partial charge in [-0.25, -0.2) is 4.39 Å². The van der Waals surface area contributed by atoms with Gasteiger partial charge in [-0.1, -0.05) is 6.92 Å². The maximum atomic E-state index is 13.3. The van der Waals surface area contributed by atoms with Crippen LogP contribution in [0.25, 0.3) is 0 Å². The fourth-order valence-electron chi connectivity index (χ4n) is 2.03. The molecule has 1 N–H and O–H groups in total. The van der Waals surface area contributed by atoms with Gasteiger partial charge in [-0.2, -0.15) is 0 Å². The van der Waals surface area contributed by atoms with E-state index >= 15 is 0 Å². The van der Waals surface area contributed by atoms with Gasteiger partial charge >= 0.3 is 5.97 Å². The van der Waals surface area contributed by atoms with Gasteiger partial charge in [-0.15, -0.1) is 0 Å². The van der Waals surface area contributed by atoms with Crippen LogP contribution in [-0.2, 0) is 11.3 Å². The lowest BCUT2D eigenvalue weighted by molar-refractivity contribution is -0.385. The van der Waals surface area contributed by atoms with Crippen molar-refractivity contribution in [2.24, 2.45) is 0 Å². The Morgan fingerprint density at radius 3 is 2.65 bits per heavy atom. The average Bonchev–Trinajstić information content (AvgIpc) is 2.34. The lowest BCUT2D eigenvalue weighted by Gasteiger charge is -2.26. The van der Waals surface area contributed by atoms with E-state index in [0.717, 1.165) is 6.07 Å². The molecule has 0 spiro atoms. The summed E-state index contributed by atoms with van der Waals surface area (Å²) >= 11 is 0. The zero-order chi connectivity index (χ0) is 15.3. The van der Waals surface area contributed by atoms with E-state index in [9.17, 15) is 19.3 Å². The lowest BCUT2D eigenvalue weighted by atomic mass is 10.1. The van der Waals surface area contributed by atoms with Crippen molar-refractivity contribution in [2.45, 2.75) is 32.9 Å². The van der Waals surface area contributed by atoms with Crippen LogP contribution < -0.4 is 0 Å². The van der Waals surface area contributed by atoms with Crippen molar-refractivity contribution in [2.75, 3.05) is 6.54 Å². The molecule has 0 aliphatic carbocycles. The van der Waals surface area contributed by atoms with Crippen molar-refractivity contribution in [3.63, 3.8) is 0 Å². The van der Waals surface area contributed by atoms with Gasteiger partial charge in [0.1, 0.15) is 5.82 Å². The number of non-ortho nitro benzene ring substituents is 1. The molecule has 1 atom stereocenters. The summed E-state index contributed by atoms with van der Waals surface area (Å²) < 4.78 is 13.3. The summed E-state index contributed by atoms with van der Waals surface area (Å²) in [5.41, 5.74) is 0.151. The second kappa shape index (κ2) is 6.95. The van der Waals surface area contributed by atoms with E-state index in [0.29, 0.717) is 12.1 Å². The summed E-state index contributed by atoms with van der Waals surface area (Å²) in [5, 5.41) is 19.5. The van der Waals surface area contributed by atoms with Gasteiger partial charge < -0.3 is 5.11 Å². The number of nitro benzene ring substituents is 1. The Kier molecular flexibility index (Phi) is 5.57. The third-order valence-corrected chi connectivity index (χ3v) is 3.04. The fourth-order valence-corrected chi connectivity index (χ4v) is 2.03. The van der Waals surface area contributed by atoms with Gasteiger partial charge in [0.2, 0.25) is 0 Å². The van der Waals surface area contributed by atoms with Crippen LogP contribution in [0.5, 0.6) is 0 Å². The number of hydrogen-bond donors (Lipinski definition) is 1. The molecular formula is C13H17FN2O4. The molecule has 0 saturated carbocycles. The normalized spacial score (nSPS) is 12.4. The number of carbonyl (C=O) groups is 1. The summed E-state index contributed by atoms with van der Waals surface area (Å²) in [6.07, 6.45) is -0.0365. The summed E-state index contributed by atoms with van der Waals surface area (Å²) in [6, 6.07) is 3.16. The predicted octanol–water partition coefficient (Wildman–Crippen LogP) is 2.42. The van der Waals surface area contributed by atoms with Gasteiger partial charge in [0.05, 0.1) is 17.4 Å². The first-order valence-electron chi connectivity index (χ1n) is 6.23. The Morgan fingerprint density at radius 2 is 2.15 bits per heavy atom. The predicted molar refractivity (Wildman–Crippen MR) is 70.9 cm³/mol. The van der Waals surface area contributed by atoms with Crippen molar-refractivity contribution >= 4 is 11.7 Å². The zero-order valence-corrected chi connectivity index (χ0v) is 11.4. The van der Waals surface area contributed by atoms with E-state index in [4.69, 9.17) is 5.11 Å². The van der Waals surface area contributed by atoms with Crippen LogP contribution in [0.15, 0.2) is 18.2 Å². The van der Waals surface area contributed by atoms with Crippen molar-refractivity contribution in [1.82, 2.24) is 4.90 Å². The number of halogens is 1. The van der Waals surface area contributed by atoms with Crippen LogP contribution in [0, 0.1) is 15.9 Å². The molecule has 1 aromatic carbocycles. The maximum absolute atomic E-state index is 13.3. The molecule has 0 fully saturated rings. The molecule has 0 aliphatic rings. The van der Waals surface area contributed by atoms with Gasteiger partial charge in [0.25, 0.3) is 5.69 Å². The number of aliphatic carboxylic acids is 1. The highest BCUT2D eigenvalue weighted by Crippen LogP contribution is 2.19. The summed E-state index contributed by atoms with van der Waals surface area (Å²) in [7, 11) is 0. The molecule has 1 rings (SSSR count). The van der Waals surface area contributed by atoms with Crippen molar-refractivity contribution in [1.29, 1.82) is 0 Å². The topological polar surface area (TPSA) is 83.7 Å². The number of hydrogen-bond acceptors (Lipinski definition) is 4. The number of benzene rings is 1. The van der Waals surface area contributed by atoms with E-state index in [1.54, 1.807) is 6.92 Å². The molecule has 110 valence electrons. The Hall–Kier alpha value is -2.02. The molecule has 1 unspecified atom stereocenters. The highest BCUT2D eigenvalue weighted by molar-refractivity contribution is 5.67. The van der Waals surface area contributed by atoms with E-state index in [2.05, 4.69) is 0 Å². The Labute approximate surface area is 116 Å². The van der Waals surface area contributed by atoms with Gasteiger partial charge in [-0.3, -0.25) is 19.8 Å². The van der Waals surface area contributed by atoms with E-state index in [1.807, 2.05) is 11.8 Å². The lowest BCUT2D eigenvalue weighted by Crippen LogP contribution is -2.34. The largest absolute Gasteiger partial charge is 0.481 e. The monoisotopic (exact) mass is 284 g/mol. The van der Waals surface area contributed by atoms with Crippen LogP contribution in [0.1, 0.15) is 25.8 Å². The minimum atomic E-state index is -0.916. The average molecular weight is 284 g/mol.